The van der Waals surface area contributed by atoms with E-state index in [1.807, 2.05) is 0 Å². The molecule has 1 aliphatic carbocycles. The van der Waals surface area contributed by atoms with Gasteiger partial charge in [0.1, 0.15) is 0 Å². The normalized spacial score (nSPS) is 27.4. The molecule has 0 atom stereocenters. The molecule has 0 amide bonds. The van der Waals surface area contributed by atoms with Gasteiger partial charge in [0, 0.05) is 32.7 Å². The van der Waals surface area contributed by atoms with E-state index in [2.05, 4.69) is 28.7 Å². The van der Waals surface area contributed by atoms with Crippen molar-refractivity contribution in [3.63, 3.8) is 0 Å². The van der Waals surface area contributed by atoms with Gasteiger partial charge in [-0.05, 0) is 83.0 Å². The van der Waals surface area contributed by atoms with Crippen LogP contribution < -0.4 is 0 Å². The first-order valence-electron chi connectivity index (χ1n) is 10.3. The Labute approximate surface area is 144 Å². The van der Waals surface area contributed by atoms with Crippen LogP contribution in [0.5, 0.6) is 0 Å². The third-order valence-corrected chi connectivity index (χ3v) is 6.69. The second kappa shape index (κ2) is 8.31. The molecule has 0 bridgehead atoms. The average Bonchev–Trinajstić information content (AvgIpc) is 3.31. The summed E-state index contributed by atoms with van der Waals surface area (Å²) < 4.78 is 0. The zero-order valence-corrected chi connectivity index (χ0v) is 15.7. The van der Waals surface area contributed by atoms with E-state index in [1.165, 1.54) is 104 Å². The summed E-state index contributed by atoms with van der Waals surface area (Å²) in [6, 6.07) is 0. The van der Waals surface area contributed by atoms with Crippen LogP contribution >= 0.6 is 0 Å². The van der Waals surface area contributed by atoms with E-state index < -0.39 is 0 Å². The number of hydrogen-bond acceptors (Lipinski definition) is 3. The summed E-state index contributed by atoms with van der Waals surface area (Å²) in [5.41, 5.74) is 0.753. The van der Waals surface area contributed by atoms with Crippen LogP contribution in [-0.4, -0.2) is 74.1 Å². The SMILES string of the molecule is CCCC1(CN2CCC(CCCN3CCN(C)CC3)CC2)CC1. The fourth-order valence-corrected chi connectivity index (χ4v) is 4.78. The minimum absolute atomic E-state index is 0.753. The third-order valence-electron chi connectivity index (χ3n) is 6.69. The van der Waals surface area contributed by atoms with Crippen molar-refractivity contribution in [2.75, 3.05) is 59.4 Å². The van der Waals surface area contributed by atoms with Gasteiger partial charge >= 0.3 is 0 Å². The van der Waals surface area contributed by atoms with Crippen LogP contribution in [0.3, 0.4) is 0 Å². The van der Waals surface area contributed by atoms with Crippen molar-refractivity contribution in [2.45, 2.75) is 58.3 Å². The zero-order valence-electron chi connectivity index (χ0n) is 15.7. The maximum Gasteiger partial charge on any atom is 0.0110 e. The summed E-state index contributed by atoms with van der Waals surface area (Å²) in [6.07, 6.45) is 11.7. The van der Waals surface area contributed by atoms with E-state index in [9.17, 15) is 0 Å². The first-order valence-corrected chi connectivity index (χ1v) is 10.3. The second-order valence-corrected chi connectivity index (χ2v) is 8.76. The van der Waals surface area contributed by atoms with Crippen LogP contribution in [0.4, 0.5) is 0 Å². The van der Waals surface area contributed by atoms with Gasteiger partial charge in [0.15, 0.2) is 0 Å². The minimum atomic E-state index is 0.753. The van der Waals surface area contributed by atoms with Crippen molar-refractivity contribution in [1.82, 2.24) is 14.7 Å². The Bertz CT molecular complexity index is 337. The molecule has 134 valence electrons. The molecule has 0 unspecified atom stereocenters. The Hall–Kier alpha value is -0.120. The standard InChI is InChI=1S/C20H39N3/c1-3-8-20(9-10-20)18-23-12-6-19(7-13-23)5-4-11-22-16-14-21(2)15-17-22/h19H,3-18H2,1-2H3. The lowest BCUT2D eigenvalue weighted by Gasteiger charge is -2.35. The summed E-state index contributed by atoms with van der Waals surface area (Å²) in [5, 5.41) is 0. The van der Waals surface area contributed by atoms with Crippen molar-refractivity contribution in [2.24, 2.45) is 11.3 Å². The molecular formula is C20H39N3. The highest BCUT2D eigenvalue weighted by Gasteiger charge is 2.42. The molecule has 3 rings (SSSR count). The van der Waals surface area contributed by atoms with Gasteiger partial charge in [-0.15, -0.1) is 0 Å². The molecular weight excluding hydrogens is 282 g/mol. The lowest BCUT2D eigenvalue weighted by molar-refractivity contribution is 0.132. The van der Waals surface area contributed by atoms with E-state index in [1.54, 1.807) is 0 Å². The molecule has 3 aliphatic rings. The number of hydrogen-bond donors (Lipinski definition) is 0. The Morgan fingerprint density at radius 1 is 0.913 bits per heavy atom. The second-order valence-electron chi connectivity index (χ2n) is 8.76. The Balaban J connectivity index is 1.26. The topological polar surface area (TPSA) is 9.72 Å². The van der Waals surface area contributed by atoms with Gasteiger partial charge in [-0.3, -0.25) is 0 Å². The highest BCUT2D eigenvalue weighted by Crippen LogP contribution is 2.50. The fourth-order valence-electron chi connectivity index (χ4n) is 4.78. The summed E-state index contributed by atoms with van der Waals surface area (Å²) in [6.45, 7) is 13.0. The molecule has 23 heavy (non-hydrogen) atoms. The number of likely N-dealkylation sites (tertiary alicyclic amines) is 1. The van der Waals surface area contributed by atoms with Gasteiger partial charge in [-0.2, -0.15) is 0 Å². The van der Waals surface area contributed by atoms with Crippen LogP contribution in [0.1, 0.15) is 58.3 Å². The molecule has 1 saturated carbocycles. The van der Waals surface area contributed by atoms with Gasteiger partial charge in [-0.25, -0.2) is 0 Å². The molecule has 3 fully saturated rings. The lowest BCUT2D eigenvalue weighted by atomic mass is 9.90. The molecule has 2 saturated heterocycles. The summed E-state index contributed by atoms with van der Waals surface area (Å²) in [7, 11) is 2.25. The van der Waals surface area contributed by atoms with Gasteiger partial charge < -0.3 is 14.7 Å². The van der Waals surface area contributed by atoms with E-state index in [-0.39, 0.29) is 0 Å². The monoisotopic (exact) mass is 321 g/mol. The number of likely N-dealkylation sites (N-methyl/N-ethyl adjacent to an activating group) is 1. The number of piperidine rings is 1. The quantitative estimate of drug-likeness (QED) is 0.679. The minimum Gasteiger partial charge on any atom is -0.304 e. The molecule has 0 aromatic rings. The van der Waals surface area contributed by atoms with E-state index in [0.717, 1.165) is 11.3 Å². The van der Waals surface area contributed by atoms with Gasteiger partial charge in [0.25, 0.3) is 0 Å². The van der Waals surface area contributed by atoms with Crippen molar-refractivity contribution in [1.29, 1.82) is 0 Å². The fraction of sp³-hybridized carbons (Fsp3) is 1.00. The molecule has 2 aliphatic heterocycles. The van der Waals surface area contributed by atoms with E-state index >= 15 is 0 Å². The Morgan fingerprint density at radius 3 is 2.22 bits per heavy atom. The molecule has 2 heterocycles. The molecule has 0 radical (unpaired) electrons. The molecule has 0 aromatic heterocycles. The van der Waals surface area contributed by atoms with Gasteiger partial charge in [0.05, 0.1) is 0 Å². The lowest BCUT2D eigenvalue weighted by Crippen LogP contribution is -2.44. The number of rotatable bonds is 8. The predicted octanol–water partition coefficient (Wildman–Crippen LogP) is 3.31. The Morgan fingerprint density at radius 2 is 1.61 bits per heavy atom. The highest BCUT2D eigenvalue weighted by molar-refractivity contribution is 4.95. The maximum absolute atomic E-state index is 2.79. The van der Waals surface area contributed by atoms with Crippen molar-refractivity contribution in [3.05, 3.63) is 0 Å². The summed E-state index contributed by atoms with van der Waals surface area (Å²) >= 11 is 0. The smallest absolute Gasteiger partial charge is 0.0110 e. The number of nitrogens with zero attached hydrogens (tertiary/aromatic N) is 3. The largest absolute Gasteiger partial charge is 0.304 e. The zero-order chi connectivity index (χ0) is 16.1. The molecule has 0 N–H and O–H groups in total. The molecule has 3 heteroatoms. The highest BCUT2D eigenvalue weighted by atomic mass is 15.2. The molecule has 0 spiro atoms. The van der Waals surface area contributed by atoms with E-state index in [0.29, 0.717) is 0 Å². The average molecular weight is 322 g/mol. The summed E-state index contributed by atoms with van der Waals surface area (Å²) in [4.78, 5) is 7.92. The molecule has 3 nitrogen and oxygen atoms in total. The van der Waals surface area contributed by atoms with Crippen molar-refractivity contribution in [3.8, 4) is 0 Å². The Kier molecular flexibility index (Phi) is 6.39. The predicted molar refractivity (Wildman–Crippen MR) is 98.9 cm³/mol. The first kappa shape index (κ1) is 17.7. The van der Waals surface area contributed by atoms with Crippen LogP contribution in [0.2, 0.25) is 0 Å². The maximum atomic E-state index is 2.79. The van der Waals surface area contributed by atoms with Crippen LogP contribution in [-0.2, 0) is 0 Å². The number of piperazine rings is 1. The van der Waals surface area contributed by atoms with E-state index in [4.69, 9.17) is 0 Å². The first-order chi connectivity index (χ1) is 11.2. The van der Waals surface area contributed by atoms with Crippen LogP contribution in [0.15, 0.2) is 0 Å². The van der Waals surface area contributed by atoms with Crippen molar-refractivity contribution < 1.29 is 0 Å². The van der Waals surface area contributed by atoms with Gasteiger partial charge in [-0.1, -0.05) is 13.3 Å². The third kappa shape index (κ3) is 5.44. The summed E-state index contributed by atoms with van der Waals surface area (Å²) in [5.74, 6) is 1.01. The van der Waals surface area contributed by atoms with Crippen LogP contribution in [0, 0.1) is 11.3 Å². The molecule has 0 aromatic carbocycles. The van der Waals surface area contributed by atoms with Crippen molar-refractivity contribution >= 4 is 0 Å². The van der Waals surface area contributed by atoms with Gasteiger partial charge in [0.2, 0.25) is 0 Å². The van der Waals surface area contributed by atoms with Crippen LogP contribution in [0.25, 0.3) is 0 Å².